The molecule has 6 nitrogen and oxygen atoms in total. The van der Waals surface area contributed by atoms with Crippen molar-refractivity contribution in [3.05, 3.63) is 92.7 Å². The van der Waals surface area contributed by atoms with Gasteiger partial charge in [0.2, 0.25) is 11.8 Å². The predicted octanol–water partition coefficient (Wildman–Crippen LogP) is 4.47. The number of hydrogen-bond donors (Lipinski definition) is 1. The number of pyridine rings is 1. The second-order valence-electron chi connectivity index (χ2n) is 8.39. The number of carbonyl (C=O) groups is 3. The number of ketones is 1. The summed E-state index contributed by atoms with van der Waals surface area (Å²) in [6.07, 6.45) is 5.94. The van der Waals surface area contributed by atoms with Gasteiger partial charge in [0.25, 0.3) is 0 Å². The van der Waals surface area contributed by atoms with E-state index in [0.29, 0.717) is 31.6 Å². The molecule has 8 heteroatoms. The van der Waals surface area contributed by atoms with Crippen molar-refractivity contribution in [2.75, 3.05) is 6.54 Å². The molecule has 0 atom stereocenters. The van der Waals surface area contributed by atoms with Crippen LogP contribution in [0.2, 0.25) is 0 Å². The van der Waals surface area contributed by atoms with Crippen molar-refractivity contribution < 1.29 is 18.8 Å². The van der Waals surface area contributed by atoms with Crippen LogP contribution in [0.4, 0.5) is 4.39 Å². The van der Waals surface area contributed by atoms with Crippen molar-refractivity contribution in [2.45, 2.75) is 39.3 Å². The van der Waals surface area contributed by atoms with E-state index in [9.17, 15) is 18.8 Å². The number of halogens is 1. The van der Waals surface area contributed by atoms with Crippen LogP contribution in [0.25, 0.3) is 6.08 Å². The Morgan fingerprint density at radius 3 is 2.71 bits per heavy atom. The van der Waals surface area contributed by atoms with E-state index in [1.165, 1.54) is 30.3 Å². The molecule has 0 radical (unpaired) electrons. The summed E-state index contributed by atoms with van der Waals surface area (Å²) in [5.74, 6) is -0.851. The van der Waals surface area contributed by atoms with Crippen molar-refractivity contribution in [3.8, 4) is 0 Å². The third-order valence-electron chi connectivity index (χ3n) is 6.06. The summed E-state index contributed by atoms with van der Waals surface area (Å²) in [7, 11) is 0. The Balaban J connectivity index is 1.34. The maximum Gasteiger partial charge on any atom is 0.244 e. The number of rotatable bonds is 8. The topological polar surface area (TPSA) is 79.4 Å². The van der Waals surface area contributed by atoms with Crippen LogP contribution in [0.1, 0.15) is 50.5 Å². The van der Waals surface area contributed by atoms with Crippen LogP contribution in [0.5, 0.6) is 0 Å². The molecule has 0 spiro atoms. The molecule has 180 valence electrons. The van der Waals surface area contributed by atoms with Gasteiger partial charge in [-0.3, -0.25) is 19.4 Å². The number of benzene rings is 1. The molecule has 1 aromatic carbocycles. The SMILES string of the molecule is Cc1ncc2c(c1CNC(=O)C=Cc1cccs1)CCN(C(=O)CCC(=O)c1ccc(F)cc1)C2. The molecule has 0 unspecified atom stereocenters. The summed E-state index contributed by atoms with van der Waals surface area (Å²) in [6.45, 7) is 3.25. The Morgan fingerprint density at radius 1 is 1.17 bits per heavy atom. The molecule has 0 fully saturated rings. The van der Waals surface area contributed by atoms with Gasteiger partial charge in [0.1, 0.15) is 5.82 Å². The zero-order chi connectivity index (χ0) is 24.8. The van der Waals surface area contributed by atoms with Crippen molar-refractivity contribution in [1.29, 1.82) is 0 Å². The molecular formula is C27H26FN3O3S. The Labute approximate surface area is 207 Å². The third-order valence-corrected chi connectivity index (χ3v) is 6.90. The zero-order valence-electron chi connectivity index (χ0n) is 19.4. The molecule has 0 bridgehead atoms. The number of Topliss-reactive ketones (excluding diaryl/α,β-unsaturated/α-hetero) is 1. The van der Waals surface area contributed by atoms with Crippen molar-refractivity contribution in [1.82, 2.24) is 15.2 Å². The van der Waals surface area contributed by atoms with E-state index in [1.807, 2.05) is 24.4 Å². The summed E-state index contributed by atoms with van der Waals surface area (Å²) >= 11 is 1.57. The Hall–Kier alpha value is -3.65. The molecule has 1 aliphatic rings. The summed E-state index contributed by atoms with van der Waals surface area (Å²) in [5.41, 5.74) is 4.32. The number of amides is 2. The first kappa shape index (κ1) is 24.5. The standard InChI is InChI=1S/C27H26FN3O3S/c1-18-24(16-30-26(33)10-8-22-3-2-14-35-22)23-12-13-31(17-20(23)15-29-18)27(34)11-9-25(32)19-4-6-21(28)7-5-19/h2-8,10,14-15H,9,11-13,16-17H2,1H3,(H,30,33). The van der Waals surface area contributed by atoms with Gasteiger partial charge in [0.15, 0.2) is 5.78 Å². The van der Waals surface area contributed by atoms with Gasteiger partial charge in [-0.05, 0) is 71.8 Å². The van der Waals surface area contributed by atoms with Crippen LogP contribution in [0, 0.1) is 12.7 Å². The lowest BCUT2D eigenvalue weighted by Crippen LogP contribution is -2.37. The third kappa shape index (κ3) is 6.27. The minimum absolute atomic E-state index is 0.0796. The van der Waals surface area contributed by atoms with E-state index in [0.717, 1.165) is 27.3 Å². The molecule has 35 heavy (non-hydrogen) atoms. The molecule has 2 amide bonds. The normalized spacial score (nSPS) is 13.0. The van der Waals surface area contributed by atoms with Crippen LogP contribution in [0.15, 0.2) is 54.1 Å². The lowest BCUT2D eigenvalue weighted by atomic mass is 9.94. The zero-order valence-corrected chi connectivity index (χ0v) is 20.2. The number of hydrogen-bond acceptors (Lipinski definition) is 5. The highest BCUT2D eigenvalue weighted by Gasteiger charge is 2.24. The van der Waals surface area contributed by atoms with E-state index in [-0.39, 0.29) is 30.4 Å². The smallest absolute Gasteiger partial charge is 0.244 e. The van der Waals surface area contributed by atoms with E-state index >= 15 is 0 Å². The van der Waals surface area contributed by atoms with Gasteiger partial charge >= 0.3 is 0 Å². The van der Waals surface area contributed by atoms with E-state index in [4.69, 9.17) is 0 Å². The maximum atomic E-state index is 13.1. The summed E-state index contributed by atoms with van der Waals surface area (Å²) < 4.78 is 13.1. The van der Waals surface area contributed by atoms with Gasteiger partial charge in [-0.2, -0.15) is 0 Å². The summed E-state index contributed by atoms with van der Waals surface area (Å²) in [6, 6.07) is 9.24. The predicted molar refractivity (Wildman–Crippen MR) is 133 cm³/mol. The van der Waals surface area contributed by atoms with E-state index < -0.39 is 5.82 Å². The Morgan fingerprint density at radius 2 is 1.97 bits per heavy atom. The minimum Gasteiger partial charge on any atom is -0.348 e. The van der Waals surface area contributed by atoms with Gasteiger partial charge in [-0.1, -0.05) is 6.07 Å². The molecule has 1 N–H and O–H groups in total. The van der Waals surface area contributed by atoms with E-state index in [2.05, 4.69) is 10.3 Å². The minimum atomic E-state index is -0.401. The number of aromatic nitrogens is 1. The number of nitrogens with one attached hydrogen (secondary N) is 1. The number of carbonyl (C=O) groups excluding carboxylic acids is 3. The first-order valence-corrected chi connectivity index (χ1v) is 12.3. The highest BCUT2D eigenvalue weighted by Crippen LogP contribution is 2.25. The van der Waals surface area contributed by atoms with Crippen LogP contribution in [-0.2, 0) is 29.1 Å². The second kappa shape index (κ2) is 11.2. The molecule has 2 aromatic heterocycles. The second-order valence-corrected chi connectivity index (χ2v) is 9.37. The van der Waals surface area contributed by atoms with Gasteiger partial charge in [-0.15, -0.1) is 11.3 Å². The van der Waals surface area contributed by atoms with E-state index in [1.54, 1.807) is 28.5 Å². The van der Waals surface area contributed by atoms with Crippen LogP contribution in [-0.4, -0.2) is 34.0 Å². The Kier molecular flexibility index (Phi) is 7.82. The number of fused-ring (bicyclic) bond motifs is 1. The summed E-state index contributed by atoms with van der Waals surface area (Å²) in [5, 5.41) is 4.89. The van der Waals surface area contributed by atoms with Crippen LogP contribution < -0.4 is 5.32 Å². The molecule has 4 rings (SSSR count). The fourth-order valence-electron chi connectivity index (χ4n) is 4.11. The molecule has 3 heterocycles. The number of thiophene rings is 1. The lowest BCUT2D eigenvalue weighted by molar-refractivity contribution is -0.132. The summed E-state index contributed by atoms with van der Waals surface area (Å²) in [4.78, 5) is 44.6. The van der Waals surface area contributed by atoms with Gasteiger partial charge in [0.05, 0.1) is 0 Å². The lowest BCUT2D eigenvalue weighted by Gasteiger charge is -2.30. The monoisotopic (exact) mass is 491 g/mol. The van der Waals surface area contributed by atoms with Crippen LogP contribution >= 0.6 is 11.3 Å². The highest BCUT2D eigenvalue weighted by molar-refractivity contribution is 7.10. The maximum absolute atomic E-state index is 13.1. The fourth-order valence-corrected chi connectivity index (χ4v) is 4.72. The fraction of sp³-hybridized carbons (Fsp3) is 0.259. The first-order chi connectivity index (χ1) is 16.9. The molecule has 1 aliphatic heterocycles. The average molecular weight is 492 g/mol. The van der Waals surface area contributed by atoms with Gasteiger partial charge in [-0.25, -0.2) is 4.39 Å². The molecule has 0 saturated heterocycles. The molecule has 0 aliphatic carbocycles. The largest absolute Gasteiger partial charge is 0.348 e. The van der Waals surface area contributed by atoms with Crippen molar-refractivity contribution >= 4 is 35.0 Å². The molecule has 0 saturated carbocycles. The van der Waals surface area contributed by atoms with Crippen molar-refractivity contribution in [3.63, 3.8) is 0 Å². The molecule has 3 aromatic rings. The van der Waals surface area contributed by atoms with Gasteiger partial charge < -0.3 is 10.2 Å². The quantitative estimate of drug-likeness (QED) is 0.373. The Bertz CT molecular complexity index is 1250. The van der Waals surface area contributed by atoms with Gasteiger partial charge in [0, 0.05) is 60.9 Å². The first-order valence-electron chi connectivity index (χ1n) is 11.4. The molecular weight excluding hydrogens is 465 g/mol. The number of aryl methyl sites for hydroxylation is 1. The van der Waals surface area contributed by atoms with Crippen molar-refractivity contribution in [2.24, 2.45) is 0 Å². The van der Waals surface area contributed by atoms with Crippen LogP contribution in [0.3, 0.4) is 0 Å². The number of nitrogens with zero attached hydrogens (tertiary/aromatic N) is 2. The average Bonchev–Trinajstić information content (AvgIpc) is 3.39. The highest BCUT2D eigenvalue weighted by atomic mass is 32.1.